The van der Waals surface area contributed by atoms with Crippen LogP contribution in [-0.2, 0) is 14.8 Å². The highest BCUT2D eigenvalue weighted by Crippen LogP contribution is 2.26. The maximum Gasteiger partial charge on any atom is 0.246 e. The minimum Gasteiger partial charge on any atom is -0.396 e. The van der Waals surface area contributed by atoms with Gasteiger partial charge in [-0.25, -0.2) is 17.2 Å². The molecule has 0 saturated carbocycles. The average molecular weight is 308 g/mol. The molecule has 6 nitrogen and oxygen atoms in total. The molecule has 112 valence electrons. The minimum atomic E-state index is -4.22. The number of hydrogen-bond donors (Lipinski definition) is 2. The van der Waals surface area contributed by atoms with E-state index >= 15 is 0 Å². The predicted octanol–water partition coefficient (Wildman–Crippen LogP) is -0.0712. The second kappa shape index (κ2) is 5.60. The van der Waals surface area contributed by atoms with Crippen molar-refractivity contribution >= 4 is 15.7 Å². The fraction of sp³-hybridized carbons (Fsp3) is 0.455. The first-order valence-electron chi connectivity index (χ1n) is 5.83. The number of morpholine rings is 1. The molecule has 0 radical (unpaired) electrons. The summed E-state index contributed by atoms with van der Waals surface area (Å²) in [6, 6.07) is 0.361. The second-order valence-corrected chi connectivity index (χ2v) is 6.19. The van der Waals surface area contributed by atoms with Crippen molar-refractivity contribution in [1.29, 1.82) is 0 Å². The van der Waals surface area contributed by atoms with Crippen molar-refractivity contribution < 1.29 is 27.0 Å². The molecular formula is C11H14F2N2O4S. The van der Waals surface area contributed by atoms with Crippen LogP contribution >= 0.6 is 0 Å². The minimum absolute atomic E-state index is 0.00796. The second-order valence-electron chi connectivity index (χ2n) is 4.33. The Kier molecular flexibility index (Phi) is 4.23. The molecule has 1 aromatic rings. The molecular weight excluding hydrogens is 294 g/mol. The van der Waals surface area contributed by atoms with Crippen LogP contribution in [-0.4, -0.2) is 50.2 Å². The molecule has 1 unspecified atom stereocenters. The third-order valence-electron chi connectivity index (χ3n) is 3.02. The molecule has 1 saturated heterocycles. The van der Waals surface area contributed by atoms with Crippen LogP contribution in [0.25, 0.3) is 0 Å². The Bertz CT molecular complexity index is 609. The van der Waals surface area contributed by atoms with Crippen molar-refractivity contribution in [2.45, 2.75) is 10.9 Å². The molecule has 1 fully saturated rings. The fourth-order valence-electron chi connectivity index (χ4n) is 1.97. The van der Waals surface area contributed by atoms with Gasteiger partial charge in [-0.15, -0.1) is 0 Å². The quantitative estimate of drug-likeness (QED) is 0.763. The van der Waals surface area contributed by atoms with Crippen molar-refractivity contribution in [2.75, 3.05) is 32.1 Å². The topological polar surface area (TPSA) is 92.9 Å². The average Bonchev–Trinajstić information content (AvgIpc) is 2.42. The first-order chi connectivity index (χ1) is 9.37. The summed E-state index contributed by atoms with van der Waals surface area (Å²) in [4.78, 5) is -0.711. The summed E-state index contributed by atoms with van der Waals surface area (Å²) in [5, 5.41) is 9.18. The van der Waals surface area contributed by atoms with E-state index in [1.165, 1.54) is 0 Å². The zero-order valence-corrected chi connectivity index (χ0v) is 11.2. The van der Waals surface area contributed by atoms with Gasteiger partial charge in [0.15, 0.2) is 0 Å². The summed E-state index contributed by atoms with van der Waals surface area (Å²) >= 11 is 0. The van der Waals surface area contributed by atoms with Crippen LogP contribution in [0.15, 0.2) is 17.0 Å². The van der Waals surface area contributed by atoms with Gasteiger partial charge in [0, 0.05) is 12.6 Å². The summed E-state index contributed by atoms with van der Waals surface area (Å²) in [6.07, 6.45) is 0. The molecule has 1 atom stereocenters. The summed E-state index contributed by atoms with van der Waals surface area (Å²) in [5.74, 6) is -2.25. The number of anilines is 1. The number of benzene rings is 1. The Morgan fingerprint density at radius 3 is 2.75 bits per heavy atom. The van der Waals surface area contributed by atoms with E-state index in [4.69, 9.17) is 10.5 Å². The van der Waals surface area contributed by atoms with Gasteiger partial charge in [0.1, 0.15) is 16.5 Å². The van der Waals surface area contributed by atoms with Crippen LogP contribution in [0.4, 0.5) is 14.5 Å². The highest BCUT2D eigenvalue weighted by Gasteiger charge is 2.35. The van der Waals surface area contributed by atoms with Crippen molar-refractivity contribution in [3.05, 3.63) is 23.8 Å². The fourth-order valence-corrected chi connectivity index (χ4v) is 3.64. The van der Waals surface area contributed by atoms with Crippen LogP contribution in [0, 0.1) is 11.6 Å². The number of sulfonamides is 1. The summed E-state index contributed by atoms with van der Waals surface area (Å²) in [5.41, 5.74) is 4.82. The lowest BCUT2D eigenvalue weighted by Crippen LogP contribution is -2.50. The molecule has 1 heterocycles. The van der Waals surface area contributed by atoms with E-state index in [2.05, 4.69) is 0 Å². The number of hydrogen-bond acceptors (Lipinski definition) is 5. The molecule has 0 bridgehead atoms. The van der Waals surface area contributed by atoms with E-state index in [-0.39, 0.29) is 19.8 Å². The predicted molar refractivity (Wildman–Crippen MR) is 66.4 cm³/mol. The van der Waals surface area contributed by atoms with E-state index in [0.29, 0.717) is 6.07 Å². The lowest BCUT2D eigenvalue weighted by atomic mass is 10.3. The number of ether oxygens (including phenoxy) is 1. The molecule has 0 spiro atoms. The van der Waals surface area contributed by atoms with E-state index in [1.54, 1.807) is 0 Å². The normalized spacial score (nSPS) is 21.1. The summed E-state index contributed by atoms with van der Waals surface area (Å²) in [7, 11) is -4.22. The molecule has 1 aliphatic rings. The van der Waals surface area contributed by atoms with E-state index in [9.17, 15) is 22.3 Å². The van der Waals surface area contributed by atoms with Crippen molar-refractivity contribution in [3.63, 3.8) is 0 Å². The standard InChI is InChI=1S/C11H14F2N2O4S/c12-8-3-9(13)11(4-10(8)14)20(17,18)15-1-2-19-6-7(15)5-16/h3-4,7,16H,1-2,5-6,14H2. The molecule has 1 aliphatic heterocycles. The molecule has 0 amide bonds. The number of rotatable bonds is 3. The van der Waals surface area contributed by atoms with Crippen molar-refractivity contribution in [2.24, 2.45) is 0 Å². The Morgan fingerprint density at radius 1 is 1.40 bits per heavy atom. The van der Waals surface area contributed by atoms with Gasteiger partial charge in [0.05, 0.1) is 31.5 Å². The first kappa shape index (κ1) is 15.1. The van der Waals surface area contributed by atoms with Crippen LogP contribution < -0.4 is 5.73 Å². The van der Waals surface area contributed by atoms with Gasteiger partial charge in [0.25, 0.3) is 0 Å². The molecule has 3 N–H and O–H groups in total. The van der Waals surface area contributed by atoms with E-state index in [1.807, 2.05) is 0 Å². The maximum absolute atomic E-state index is 13.7. The first-order valence-corrected chi connectivity index (χ1v) is 7.27. The number of nitrogens with zero attached hydrogens (tertiary/aromatic N) is 1. The van der Waals surface area contributed by atoms with E-state index in [0.717, 1.165) is 10.4 Å². The SMILES string of the molecule is Nc1cc(S(=O)(=O)N2CCOCC2CO)c(F)cc1F. The molecule has 0 aromatic heterocycles. The highest BCUT2D eigenvalue weighted by molar-refractivity contribution is 7.89. The smallest absolute Gasteiger partial charge is 0.246 e. The zero-order chi connectivity index (χ0) is 14.9. The highest BCUT2D eigenvalue weighted by atomic mass is 32.2. The van der Waals surface area contributed by atoms with Gasteiger partial charge in [-0.1, -0.05) is 0 Å². The van der Waals surface area contributed by atoms with Gasteiger partial charge >= 0.3 is 0 Å². The van der Waals surface area contributed by atoms with Crippen LogP contribution in [0.1, 0.15) is 0 Å². The van der Waals surface area contributed by atoms with Crippen LogP contribution in [0.3, 0.4) is 0 Å². The Labute approximate surface area is 114 Å². The number of nitrogen functional groups attached to an aromatic ring is 1. The summed E-state index contributed by atoms with van der Waals surface area (Å²) in [6.45, 7) is -0.343. The summed E-state index contributed by atoms with van der Waals surface area (Å²) < 4.78 is 57.6. The lowest BCUT2D eigenvalue weighted by molar-refractivity contribution is 0.0108. The van der Waals surface area contributed by atoms with Crippen molar-refractivity contribution in [3.8, 4) is 0 Å². The van der Waals surface area contributed by atoms with Gasteiger partial charge in [0.2, 0.25) is 10.0 Å². The van der Waals surface area contributed by atoms with Crippen LogP contribution in [0.2, 0.25) is 0 Å². The van der Waals surface area contributed by atoms with Gasteiger partial charge in [-0.3, -0.25) is 0 Å². The van der Waals surface area contributed by atoms with Crippen molar-refractivity contribution in [1.82, 2.24) is 4.31 Å². The number of aliphatic hydroxyl groups excluding tert-OH is 1. The zero-order valence-electron chi connectivity index (χ0n) is 10.4. The van der Waals surface area contributed by atoms with Gasteiger partial charge in [-0.05, 0) is 6.07 Å². The molecule has 9 heteroatoms. The Morgan fingerprint density at radius 2 is 2.10 bits per heavy atom. The number of nitrogens with two attached hydrogens (primary N) is 1. The van der Waals surface area contributed by atoms with Gasteiger partial charge in [-0.2, -0.15) is 4.31 Å². The molecule has 0 aliphatic carbocycles. The number of aliphatic hydroxyl groups is 1. The maximum atomic E-state index is 13.7. The van der Waals surface area contributed by atoms with Crippen LogP contribution in [0.5, 0.6) is 0 Å². The Balaban J connectivity index is 2.46. The molecule has 20 heavy (non-hydrogen) atoms. The third kappa shape index (κ3) is 2.62. The Hall–Kier alpha value is -1.29. The van der Waals surface area contributed by atoms with Gasteiger partial charge < -0.3 is 15.6 Å². The largest absolute Gasteiger partial charge is 0.396 e. The third-order valence-corrected chi connectivity index (χ3v) is 4.99. The van der Waals surface area contributed by atoms with E-state index < -0.39 is 44.9 Å². The lowest BCUT2D eigenvalue weighted by Gasteiger charge is -2.33. The molecule has 1 aromatic carbocycles. The molecule has 2 rings (SSSR count). The number of halogens is 2. The monoisotopic (exact) mass is 308 g/mol.